The first-order valence-electron chi connectivity index (χ1n) is 6.11. The van der Waals surface area contributed by atoms with Crippen LogP contribution in [0.2, 0.25) is 0 Å². The highest BCUT2D eigenvalue weighted by molar-refractivity contribution is 4.84. The number of hydrogen-bond acceptors (Lipinski definition) is 4. The van der Waals surface area contributed by atoms with Gasteiger partial charge in [-0.3, -0.25) is 4.90 Å². The summed E-state index contributed by atoms with van der Waals surface area (Å²) in [5.41, 5.74) is 0. The first-order chi connectivity index (χ1) is 7.81. The first-order valence-corrected chi connectivity index (χ1v) is 6.11. The van der Waals surface area contributed by atoms with Gasteiger partial charge in [-0.25, -0.2) is 9.67 Å². The van der Waals surface area contributed by atoms with E-state index in [0.29, 0.717) is 0 Å². The van der Waals surface area contributed by atoms with E-state index in [-0.39, 0.29) is 0 Å². The number of nitrogens with one attached hydrogen (secondary N) is 1. The average Bonchev–Trinajstić information content (AvgIpc) is 2.75. The lowest BCUT2D eigenvalue weighted by atomic mass is 10.4. The Hall–Kier alpha value is -0.940. The molecule has 0 saturated heterocycles. The smallest absolute Gasteiger partial charge is 0.140 e. The Kier molecular flexibility index (Phi) is 6.03. The van der Waals surface area contributed by atoms with Crippen molar-refractivity contribution in [1.29, 1.82) is 0 Å². The van der Waals surface area contributed by atoms with Crippen LogP contribution >= 0.6 is 0 Å². The van der Waals surface area contributed by atoms with Gasteiger partial charge in [0.2, 0.25) is 0 Å². The molecule has 0 radical (unpaired) electrons. The fourth-order valence-electron chi connectivity index (χ4n) is 1.64. The van der Waals surface area contributed by atoms with E-state index >= 15 is 0 Å². The van der Waals surface area contributed by atoms with E-state index in [0.717, 1.165) is 45.1 Å². The van der Waals surface area contributed by atoms with Gasteiger partial charge in [-0.2, -0.15) is 5.10 Å². The first kappa shape index (κ1) is 13.1. The van der Waals surface area contributed by atoms with Gasteiger partial charge in [0, 0.05) is 19.6 Å². The van der Waals surface area contributed by atoms with Crippen LogP contribution in [0.4, 0.5) is 0 Å². The summed E-state index contributed by atoms with van der Waals surface area (Å²) < 4.78 is 1.95. The molecule has 0 fully saturated rings. The third-order valence-electron chi connectivity index (χ3n) is 2.66. The fourth-order valence-corrected chi connectivity index (χ4v) is 1.64. The predicted molar refractivity (Wildman–Crippen MR) is 65.2 cm³/mol. The Morgan fingerprint density at radius 2 is 2.19 bits per heavy atom. The van der Waals surface area contributed by atoms with Crippen molar-refractivity contribution in [2.75, 3.05) is 26.2 Å². The van der Waals surface area contributed by atoms with Crippen molar-refractivity contribution in [3.63, 3.8) is 0 Å². The van der Waals surface area contributed by atoms with E-state index in [1.807, 2.05) is 4.68 Å². The number of likely N-dealkylation sites (N-methyl/N-ethyl adjacent to an activating group) is 2. The van der Waals surface area contributed by atoms with Gasteiger partial charge in [-0.1, -0.05) is 13.8 Å². The minimum Gasteiger partial charge on any atom is -0.316 e. The predicted octanol–water partition coefficient (Wildman–Crippen LogP) is 0.729. The van der Waals surface area contributed by atoms with E-state index in [9.17, 15) is 0 Å². The van der Waals surface area contributed by atoms with Crippen molar-refractivity contribution in [2.45, 2.75) is 33.9 Å². The largest absolute Gasteiger partial charge is 0.316 e. The summed E-state index contributed by atoms with van der Waals surface area (Å²) in [6.45, 7) is 12.3. The molecule has 0 unspecified atom stereocenters. The molecule has 1 aromatic rings. The molecule has 5 nitrogen and oxygen atoms in total. The molecule has 0 aliphatic rings. The van der Waals surface area contributed by atoms with Gasteiger partial charge in [-0.15, -0.1) is 0 Å². The Labute approximate surface area is 97.9 Å². The highest BCUT2D eigenvalue weighted by atomic mass is 15.3. The number of aromatic nitrogens is 3. The summed E-state index contributed by atoms with van der Waals surface area (Å²) in [5, 5.41) is 7.52. The van der Waals surface area contributed by atoms with Crippen LogP contribution in [-0.2, 0) is 13.1 Å². The van der Waals surface area contributed by atoms with Crippen LogP contribution in [0.15, 0.2) is 6.33 Å². The Morgan fingerprint density at radius 3 is 2.81 bits per heavy atom. The molecule has 1 rings (SSSR count). The maximum absolute atomic E-state index is 4.29. The van der Waals surface area contributed by atoms with Crippen molar-refractivity contribution in [3.05, 3.63) is 12.2 Å². The van der Waals surface area contributed by atoms with Crippen LogP contribution in [0, 0.1) is 0 Å². The van der Waals surface area contributed by atoms with Gasteiger partial charge >= 0.3 is 0 Å². The van der Waals surface area contributed by atoms with E-state index < -0.39 is 0 Å². The van der Waals surface area contributed by atoms with Crippen LogP contribution in [0.3, 0.4) is 0 Å². The molecular weight excluding hydrogens is 202 g/mol. The Morgan fingerprint density at radius 1 is 1.38 bits per heavy atom. The number of nitrogens with zero attached hydrogens (tertiary/aromatic N) is 4. The van der Waals surface area contributed by atoms with Crippen LogP contribution < -0.4 is 5.32 Å². The topological polar surface area (TPSA) is 46.0 Å². The highest BCUT2D eigenvalue weighted by Crippen LogP contribution is 2.00. The summed E-state index contributed by atoms with van der Waals surface area (Å²) in [7, 11) is 0. The van der Waals surface area contributed by atoms with Gasteiger partial charge in [-0.05, 0) is 20.0 Å². The summed E-state index contributed by atoms with van der Waals surface area (Å²) in [4.78, 5) is 6.67. The molecule has 0 aliphatic heterocycles. The summed E-state index contributed by atoms with van der Waals surface area (Å²) >= 11 is 0. The molecule has 92 valence electrons. The molecule has 0 aromatic carbocycles. The Bertz CT molecular complexity index is 284. The van der Waals surface area contributed by atoms with E-state index in [1.54, 1.807) is 6.33 Å². The second kappa shape index (κ2) is 7.35. The third kappa shape index (κ3) is 3.90. The van der Waals surface area contributed by atoms with Crippen molar-refractivity contribution in [2.24, 2.45) is 0 Å². The lowest BCUT2D eigenvalue weighted by Crippen LogP contribution is -2.32. The second-order valence-corrected chi connectivity index (χ2v) is 3.71. The molecule has 5 heteroatoms. The van der Waals surface area contributed by atoms with Crippen LogP contribution in [0.1, 0.15) is 26.6 Å². The monoisotopic (exact) mass is 225 g/mol. The summed E-state index contributed by atoms with van der Waals surface area (Å²) in [6, 6.07) is 0. The average molecular weight is 225 g/mol. The quantitative estimate of drug-likeness (QED) is 0.663. The molecule has 1 aromatic heterocycles. The SMILES string of the molecule is CCNCCN(CC)Cc1ncnn1CC. The zero-order valence-corrected chi connectivity index (χ0v) is 10.6. The minimum atomic E-state index is 0.885. The van der Waals surface area contributed by atoms with Gasteiger partial charge in [0.25, 0.3) is 0 Å². The Balaban J connectivity index is 2.43. The van der Waals surface area contributed by atoms with Crippen molar-refractivity contribution < 1.29 is 0 Å². The normalized spacial score (nSPS) is 11.2. The standard InChI is InChI=1S/C11H23N5/c1-4-12-7-8-15(5-2)9-11-13-10-14-16(11)6-3/h10,12H,4-9H2,1-3H3. The van der Waals surface area contributed by atoms with Gasteiger partial charge in [0.15, 0.2) is 0 Å². The second-order valence-electron chi connectivity index (χ2n) is 3.71. The molecule has 0 saturated carbocycles. The molecule has 0 bridgehead atoms. The zero-order chi connectivity index (χ0) is 11.8. The van der Waals surface area contributed by atoms with Crippen molar-refractivity contribution in [3.8, 4) is 0 Å². The highest BCUT2D eigenvalue weighted by Gasteiger charge is 2.08. The van der Waals surface area contributed by atoms with Crippen molar-refractivity contribution in [1.82, 2.24) is 25.0 Å². The van der Waals surface area contributed by atoms with E-state index in [1.165, 1.54) is 0 Å². The van der Waals surface area contributed by atoms with Crippen molar-refractivity contribution >= 4 is 0 Å². The third-order valence-corrected chi connectivity index (χ3v) is 2.66. The lowest BCUT2D eigenvalue weighted by Gasteiger charge is -2.19. The summed E-state index contributed by atoms with van der Waals surface area (Å²) in [6.07, 6.45) is 1.64. The van der Waals surface area contributed by atoms with E-state index in [2.05, 4.69) is 41.1 Å². The molecule has 0 spiro atoms. The fraction of sp³-hybridized carbons (Fsp3) is 0.818. The van der Waals surface area contributed by atoms with Crippen LogP contribution in [-0.4, -0.2) is 45.8 Å². The van der Waals surface area contributed by atoms with Gasteiger partial charge in [0.1, 0.15) is 12.2 Å². The van der Waals surface area contributed by atoms with E-state index in [4.69, 9.17) is 0 Å². The minimum absolute atomic E-state index is 0.885. The molecule has 0 aliphatic carbocycles. The maximum Gasteiger partial charge on any atom is 0.140 e. The molecule has 0 amide bonds. The molecule has 16 heavy (non-hydrogen) atoms. The maximum atomic E-state index is 4.29. The molecule has 0 atom stereocenters. The number of aryl methyl sites for hydroxylation is 1. The van der Waals surface area contributed by atoms with Gasteiger partial charge in [0.05, 0.1) is 6.54 Å². The zero-order valence-electron chi connectivity index (χ0n) is 10.6. The van der Waals surface area contributed by atoms with Crippen LogP contribution in [0.25, 0.3) is 0 Å². The molecule has 1 heterocycles. The molecular formula is C11H23N5. The molecule has 1 N–H and O–H groups in total. The van der Waals surface area contributed by atoms with Crippen LogP contribution in [0.5, 0.6) is 0 Å². The lowest BCUT2D eigenvalue weighted by molar-refractivity contribution is 0.267. The summed E-state index contributed by atoms with van der Waals surface area (Å²) in [5.74, 6) is 1.06. The number of hydrogen-bond donors (Lipinski definition) is 1. The number of rotatable bonds is 8. The van der Waals surface area contributed by atoms with Gasteiger partial charge < -0.3 is 5.32 Å².